The molecule has 4 heteroatoms. The van der Waals surface area contributed by atoms with Crippen molar-refractivity contribution in [3.63, 3.8) is 0 Å². The van der Waals surface area contributed by atoms with Gasteiger partial charge in [0.2, 0.25) is 0 Å². The van der Waals surface area contributed by atoms with Gasteiger partial charge >= 0.3 is 0 Å². The van der Waals surface area contributed by atoms with Gasteiger partial charge in [-0.05, 0) is 19.2 Å². The Morgan fingerprint density at radius 3 is 3.06 bits per heavy atom. The fourth-order valence-corrected chi connectivity index (χ4v) is 2.30. The molecule has 0 amide bonds. The summed E-state index contributed by atoms with van der Waals surface area (Å²) in [7, 11) is 1.93. The molecule has 0 radical (unpaired) electrons. The minimum Gasteiger partial charge on any atom is -0.508 e. The highest BCUT2D eigenvalue weighted by molar-refractivity contribution is 7.13. The van der Waals surface area contributed by atoms with Gasteiger partial charge in [0.1, 0.15) is 10.8 Å². The Bertz CT molecular complexity index is 468. The predicted octanol–water partition coefficient (Wildman–Crippen LogP) is 2.28. The number of nitrogens with zero attached hydrogens (tertiary/aromatic N) is 1. The van der Waals surface area contributed by atoms with E-state index in [2.05, 4.69) is 15.7 Å². The van der Waals surface area contributed by atoms with Crippen LogP contribution in [0.1, 0.15) is 5.69 Å². The van der Waals surface area contributed by atoms with Crippen molar-refractivity contribution in [2.45, 2.75) is 6.42 Å². The summed E-state index contributed by atoms with van der Waals surface area (Å²) in [5.41, 5.74) is 2.07. The number of aromatic hydroxyl groups is 1. The summed E-state index contributed by atoms with van der Waals surface area (Å²) in [4.78, 5) is 4.53. The summed E-state index contributed by atoms with van der Waals surface area (Å²) in [6, 6.07) is 7.19. The molecule has 0 spiro atoms. The van der Waals surface area contributed by atoms with E-state index in [9.17, 15) is 5.11 Å². The van der Waals surface area contributed by atoms with Gasteiger partial charge in [0.05, 0.1) is 5.69 Å². The molecule has 0 bridgehead atoms. The molecule has 0 aliphatic rings. The van der Waals surface area contributed by atoms with Gasteiger partial charge in [-0.3, -0.25) is 0 Å². The highest BCUT2D eigenvalue weighted by atomic mass is 32.1. The predicted molar refractivity (Wildman–Crippen MR) is 66.8 cm³/mol. The first-order valence-corrected chi connectivity index (χ1v) is 6.06. The fraction of sp³-hybridized carbons (Fsp3) is 0.250. The van der Waals surface area contributed by atoms with Crippen molar-refractivity contribution in [1.82, 2.24) is 10.3 Å². The summed E-state index contributed by atoms with van der Waals surface area (Å²) >= 11 is 1.61. The summed E-state index contributed by atoms with van der Waals surface area (Å²) in [5, 5.41) is 15.5. The number of thiazole rings is 1. The number of phenolic OH excluding ortho intramolecular Hbond substituents is 1. The first-order chi connectivity index (χ1) is 7.79. The van der Waals surface area contributed by atoms with Crippen molar-refractivity contribution in [2.75, 3.05) is 13.6 Å². The van der Waals surface area contributed by atoms with Gasteiger partial charge in [-0.2, -0.15) is 0 Å². The van der Waals surface area contributed by atoms with E-state index >= 15 is 0 Å². The largest absolute Gasteiger partial charge is 0.508 e. The van der Waals surface area contributed by atoms with E-state index in [-0.39, 0.29) is 5.75 Å². The average molecular weight is 234 g/mol. The second-order valence-corrected chi connectivity index (χ2v) is 4.41. The molecule has 2 rings (SSSR count). The Morgan fingerprint density at radius 2 is 2.31 bits per heavy atom. The van der Waals surface area contributed by atoms with E-state index in [0.717, 1.165) is 29.2 Å². The Morgan fingerprint density at radius 1 is 1.44 bits per heavy atom. The monoisotopic (exact) mass is 234 g/mol. The van der Waals surface area contributed by atoms with Crippen molar-refractivity contribution in [3.8, 4) is 16.3 Å². The second-order valence-electron chi connectivity index (χ2n) is 3.55. The fourth-order valence-electron chi connectivity index (χ4n) is 1.45. The summed E-state index contributed by atoms with van der Waals surface area (Å²) < 4.78 is 0. The quantitative estimate of drug-likeness (QED) is 0.853. The third kappa shape index (κ3) is 2.59. The van der Waals surface area contributed by atoms with E-state index in [1.54, 1.807) is 23.5 Å². The van der Waals surface area contributed by atoms with Crippen LogP contribution in [0.4, 0.5) is 0 Å². The van der Waals surface area contributed by atoms with Crippen molar-refractivity contribution in [2.24, 2.45) is 0 Å². The zero-order valence-electron chi connectivity index (χ0n) is 9.10. The molecular formula is C12H14N2OS. The standard InChI is InChI=1S/C12H14N2OS/c1-13-6-5-10-8-16-12(14-10)9-3-2-4-11(15)7-9/h2-4,7-8,13,15H,5-6H2,1H3. The smallest absolute Gasteiger partial charge is 0.123 e. The SMILES string of the molecule is CNCCc1csc(-c2cccc(O)c2)n1. The number of phenols is 1. The highest BCUT2D eigenvalue weighted by Gasteiger charge is 2.04. The molecule has 1 heterocycles. The average Bonchev–Trinajstić information content (AvgIpc) is 2.75. The van der Waals surface area contributed by atoms with Crippen LogP contribution < -0.4 is 5.32 Å². The van der Waals surface area contributed by atoms with Crippen molar-refractivity contribution < 1.29 is 5.11 Å². The van der Waals surface area contributed by atoms with Gasteiger partial charge in [-0.1, -0.05) is 12.1 Å². The number of rotatable bonds is 4. The lowest BCUT2D eigenvalue weighted by molar-refractivity contribution is 0.475. The molecule has 84 valence electrons. The molecule has 3 nitrogen and oxygen atoms in total. The Labute approximate surface area is 98.8 Å². The molecule has 2 N–H and O–H groups in total. The minimum atomic E-state index is 0.282. The maximum atomic E-state index is 9.39. The van der Waals surface area contributed by atoms with Crippen LogP contribution in [0.3, 0.4) is 0 Å². The molecule has 0 unspecified atom stereocenters. The highest BCUT2D eigenvalue weighted by Crippen LogP contribution is 2.26. The Kier molecular flexibility index (Phi) is 3.54. The Balaban J connectivity index is 2.18. The molecule has 16 heavy (non-hydrogen) atoms. The van der Waals surface area contributed by atoms with Crippen LogP contribution in [-0.4, -0.2) is 23.7 Å². The van der Waals surface area contributed by atoms with E-state index in [1.165, 1.54) is 0 Å². The van der Waals surface area contributed by atoms with E-state index in [1.807, 2.05) is 19.2 Å². The zero-order chi connectivity index (χ0) is 11.4. The number of likely N-dealkylation sites (N-methyl/N-ethyl adjacent to an activating group) is 1. The van der Waals surface area contributed by atoms with Crippen molar-refractivity contribution in [3.05, 3.63) is 35.3 Å². The van der Waals surface area contributed by atoms with Crippen LogP contribution in [0, 0.1) is 0 Å². The molecule has 0 aliphatic heterocycles. The van der Waals surface area contributed by atoms with Gasteiger partial charge in [0.25, 0.3) is 0 Å². The molecule has 0 atom stereocenters. The molecular weight excluding hydrogens is 220 g/mol. The molecule has 1 aromatic heterocycles. The number of benzene rings is 1. The third-order valence-electron chi connectivity index (χ3n) is 2.28. The summed E-state index contributed by atoms with van der Waals surface area (Å²) in [6.07, 6.45) is 0.936. The van der Waals surface area contributed by atoms with Gasteiger partial charge in [-0.25, -0.2) is 4.98 Å². The van der Waals surface area contributed by atoms with Crippen LogP contribution in [0.15, 0.2) is 29.6 Å². The first kappa shape index (κ1) is 11.1. The normalized spacial score (nSPS) is 10.6. The van der Waals surface area contributed by atoms with Crippen LogP contribution in [-0.2, 0) is 6.42 Å². The lowest BCUT2D eigenvalue weighted by Crippen LogP contribution is -2.10. The van der Waals surface area contributed by atoms with Crippen LogP contribution in [0.25, 0.3) is 10.6 Å². The lowest BCUT2D eigenvalue weighted by atomic mass is 10.2. The van der Waals surface area contributed by atoms with Crippen molar-refractivity contribution in [1.29, 1.82) is 0 Å². The second kappa shape index (κ2) is 5.09. The number of hydrogen-bond donors (Lipinski definition) is 2. The van der Waals surface area contributed by atoms with E-state index in [0.29, 0.717) is 0 Å². The topological polar surface area (TPSA) is 45.1 Å². The third-order valence-corrected chi connectivity index (χ3v) is 3.22. The number of nitrogens with one attached hydrogen (secondary N) is 1. The molecule has 1 aromatic carbocycles. The number of aromatic nitrogens is 1. The molecule has 0 saturated heterocycles. The summed E-state index contributed by atoms with van der Waals surface area (Å²) in [6.45, 7) is 0.934. The Hall–Kier alpha value is -1.39. The van der Waals surface area contributed by atoms with Crippen molar-refractivity contribution >= 4 is 11.3 Å². The maximum Gasteiger partial charge on any atom is 0.123 e. The van der Waals surface area contributed by atoms with Gasteiger partial charge in [-0.15, -0.1) is 11.3 Å². The van der Waals surface area contributed by atoms with Crippen LogP contribution >= 0.6 is 11.3 Å². The lowest BCUT2D eigenvalue weighted by Gasteiger charge is -1.97. The molecule has 0 aliphatic carbocycles. The zero-order valence-corrected chi connectivity index (χ0v) is 9.92. The van der Waals surface area contributed by atoms with Crippen LogP contribution in [0.5, 0.6) is 5.75 Å². The minimum absolute atomic E-state index is 0.282. The molecule has 0 saturated carbocycles. The maximum absolute atomic E-state index is 9.39. The van der Waals surface area contributed by atoms with Gasteiger partial charge in [0, 0.05) is 23.9 Å². The van der Waals surface area contributed by atoms with Gasteiger partial charge in [0.15, 0.2) is 0 Å². The van der Waals surface area contributed by atoms with E-state index in [4.69, 9.17) is 0 Å². The molecule has 2 aromatic rings. The van der Waals surface area contributed by atoms with E-state index < -0.39 is 0 Å². The molecule has 0 fully saturated rings. The van der Waals surface area contributed by atoms with Crippen LogP contribution in [0.2, 0.25) is 0 Å². The first-order valence-electron chi connectivity index (χ1n) is 5.18. The van der Waals surface area contributed by atoms with Gasteiger partial charge < -0.3 is 10.4 Å². The summed E-state index contributed by atoms with van der Waals surface area (Å²) in [5.74, 6) is 0.282. The number of hydrogen-bond acceptors (Lipinski definition) is 4.